The van der Waals surface area contributed by atoms with Crippen LogP contribution in [0.4, 0.5) is 0 Å². The number of phosphoric acid groups is 1. The molecule has 0 aliphatic rings. The Labute approximate surface area is 364 Å². The minimum Gasteiger partial charge on any atom is -0.480 e. The summed E-state index contributed by atoms with van der Waals surface area (Å²) in [6.07, 6.45) is 50.0. The number of carbonyl (C=O) groups is 3. The predicted molar refractivity (Wildman–Crippen MR) is 245 cm³/mol. The highest BCUT2D eigenvalue weighted by Crippen LogP contribution is 2.43. The van der Waals surface area contributed by atoms with Gasteiger partial charge in [-0.05, 0) is 77.0 Å². The lowest BCUT2D eigenvalue weighted by Gasteiger charge is -2.20. The van der Waals surface area contributed by atoms with Crippen LogP contribution in [0.1, 0.15) is 194 Å². The summed E-state index contributed by atoms with van der Waals surface area (Å²) in [5, 5.41) is 8.90. The number of nitrogens with two attached hydrogens (primary N) is 1. The highest BCUT2D eigenvalue weighted by molar-refractivity contribution is 7.47. The minimum absolute atomic E-state index is 0.139. The molecule has 3 unspecified atom stereocenters. The highest BCUT2D eigenvalue weighted by Gasteiger charge is 2.28. The Morgan fingerprint density at radius 2 is 0.933 bits per heavy atom. The molecule has 4 N–H and O–H groups in total. The average Bonchev–Trinajstić information content (AvgIpc) is 3.22. The smallest absolute Gasteiger partial charge is 0.472 e. The van der Waals surface area contributed by atoms with E-state index < -0.39 is 51.1 Å². The fourth-order valence-electron chi connectivity index (χ4n) is 6.11. The van der Waals surface area contributed by atoms with E-state index in [0.29, 0.717) is 12.8 Å². The van der Waals surface area contributed by atoms with E-state index in [9.17, 15) is 23.8 Å². The van der Waals surface area contributed by atoms with Crippen molar-refractivity contribution < 1.29 is 47.5 Å². The molecule has 0 fully saturated rings. The number of unbranched alkanes of at least 4 members (excludes halogenated alkanes) is 19. The van der Waals surface area contributed by atoms with Crippen LogP contribution in [0.25, 0.3) is 0 Å². The first kappa shape index (κ1) is 57.2. The SMILES string of the molecule is CC/C=C\C/C=C\C/C=C\CCCCCCCC(=O)OC(COC(=O)CCCCCCCCCCC/C=C\C/C=C\CCCCCCC)COP(=O)(O)OCC(N)C(=O)O. The number of carboxylic acid groups (broad SMARTS) is 1. The second kappa shape index (κ2) is 42.9. The molecule has 0 saturated heterocycles. The van der Waals surface area contributed by atoms with Crippen molar-refractivity contribution in [3.05, 3.63) is 60.8 Å². The van der Waals surface area contributed by atoms with Gasteiger partial charge in [0.2, 0.25) is 0 Å². The molecule has 0 radical (unpaired) electrons. The van der Waals surface area contributed by atoms with E-state index in [1.54, 1.807) is 0 Å². The monoisotopic (exact) mass is 866 g/mol. The summed E-state index contributed by atoms with van der Waals surface area (Å²) in [5.41, 5.74) is 5.34. The van der Waals surface area contributed by atoms with Crippen LogP contribution in [0.5, 0.6) is 0 Å². The van der Waals surface area contributed by atoms with Crippen molar-refractivity contribution in [1.82, 2.24) is 0 Å². The molecular weight excluding hydrogens is 781 g/mol. The average molecular weight is 866 g/mol. The van der Waals surface area contributed by atoms with Gasteiger partial charge in [-0.3, -0.25) is 23.4 Å². The van der Waals surface area contributed by atoms with Crippen LogP contribution in [0, 0.1) is 0 Å². The Balaban J connectivity index is 4.31. The number of aliphatic carboxylic acids is 1. The second-order valence-corrected chi connectivity index (χ2v) is 17.0. The van der Waals surface area contributed by atoms with Gasteiger partial charge in [-0.15, -0.1) is 0 Å². The van der Waals surface area contributed by atoms with E-state index >= 15 is 0 Å². The highest BCUT2D eigenvalue weighted by atomic mass is 31.2. The molecule has 0 aliphatic carbocycles. The molecular formula is C48H84NO10P. The summed E-state index contributed by atoms with van der Waals surface area (Å²) >= 11 is 0. The van der Waals surface area contributed by atoms with Crippen LogP contribution >= 0.6 is 7.82 Å². The third kappa shape index (κ3) is 41.9. The summed E-state index contributed by atoms with van der Waals surface area (Å²) in [7, 11) is -4.73. The maximum Gasteiger partial charge on any atom is 0.472 e. The Bertz CT molecular complexity index is 1250. The number of hydrogen-bond donors (Lipinski definition) is 3. The van der Waals surface area contributed by atoms with E-state index in [-0.39, 0.29) is 19.4 Å². The molecule has 0 aromatic rings. The molecule has 11 nitrogen and oxygen atoms in total. The van der Waals surface area contributed by atoms with Gasteiger partial charge in [-0.25, -0.2) is 4.57 Å². The number of esters is 2. The van der Waals surface area contributed by atoms with E-state index in [1.165, 1.54) is 70.6 Å². The van der Waals surface area contributed by atoms with E-state index in [4.69, 9.17) is 24.8 Å². The molecule has 0 rings (SSSR count). The van der Waals surface area contributed by atoms with Gasteiger partial charge >= 0.3 is 25.7 Å². The third-order valence-electron chi connectivity index (χ3n) is 9.75. The molecule has 3 atom stereocenters. The summed E-state index contributed by atoms with van der Waals surface area (Å²) in [5.74, 6) is -2.41. The fraction of sp³-hybridized carbons (Fsp3) is 0.729. The zero-order valence-corrected chi connectivity index (χ0v) is 38.4. The molecule has 0 aromatic heterocycles. The van der Waals surface area contributed by atoms with Crippen molar-refractivity contribution in [3.63, 3.8) is 0 Å². The Hall–Kier alpha value is -2.82. The Morgan fingerprint density at radius 3 is 1.40 bits per heavy atom. The number of carbonyl (C=O) groups excluding carboxylic acids is 2. The van der Waals surface area contributed by atoms with Gasteiger partial charge in [0.1, 0.15) is 12.6 Å². The molecule has 0 aromatic carbocycles. The molecule has 346 valence electrons. The van der Waals surface area contributed by atoms with Gasteiger partial charge in [0.25, 0.3) is 0 Å². The second-order valence-electron chi connectivity index (χ2n) is 15.5. The van der Waals surface area contributed by atoms with E-state index in [0.717, 1.165) is 83.5 Å². The lowest BCUT2D eigenvalue weighted by Crippen LogP contribution is -2.34. The largest absolute Gasteiger partial charge is 0.480 e. The predicted octanol–water partition coefficient (Wildman–Crippen LogP) is 12.7. The number of phosphoric ester groups is 1. The van der Waals surface area contributed by atoms with Crippen molar-refractivity contribution in [2.45, 2.75) is 206 Å². The number of carboxylic acids is 1. The molecule has 0 saturated carbocycles. The maximum atomic E-state index is 12.6. The van der Waals surface area contributed by atoms with Crippen LogP contribution in [0.3, 0.4) is 0 Å². The van der Waals surface area contributed by atoms with Crippen LogP contribution in [-0.4, -0.2) is 59.9 Å². The minimum atomic E-state index is -4.73. The lowest BCUT2D eigenvalue weighted by molar-refractivity contribution is -0.161. The van der Waals surface area contributed by atoms with Crippen LogP contribution in [0.15, 0.2) is 60.8 Å². The van der Waals surface area contributed by atoms with Gasteiger partial charge in [0.15, 0.2) is 6.10 Å². The van der Waals surface area contributed by atoms with Crippen LogP contribution < -0.4 is 5.73 Å². The van der Waals surface area contributed by atoms with E-state index in [2.05, 4.69) is 79.1 Å². The molecule has 12 heteroatoms. The number of hydrogen-bond acceptors (Lipinski definition) is 9. The van der Waals surface area contributed by atoms with Crippen molar-refractivity contribution in [2.24, 2.45) is 5.73 Å². The molecule has 0 heterocycles. The molecule has 0 bridgehead atoms. The Morgan fingerprint density at radius 1 is 0.533 bits per heavy atom. The van der Waals surface area contributed by atoms with Crippen molar-refractivity contribution in [3.8, 4) is 0 Å². The zero-order valence-electron chi connectivity index (χ0n) is 37.5. The van der Waals surface area contributed by atoms with E-state index in [1.807, 2.05) is 0 Å². The van der Waals surface area contributed by atoms with Crippen LogP contribution in [0.2, 0.25) is 0 Å². The van der Waals surface area contributed by atoms with Gasteiger partial charge in [-0.2, -0.15) is 0 Å². The topological polar surface area (TPSA) is 172 Å². The van der Waals surface area contributed by atoms with Crippen molar-refractivity contribution in [1.29, 1.82) is 0 Å². The number of rotatable bonds is 43. The maximum absolute atomic E-state index is 12.6. The summed E-state index contributed by atoms with van der Waals surface area (Å²) in [4.78, 5) is 46.0. The molecule has 0 spiro atoms. The molecule has 0 amide bonds. The lowest BCUT2D eigenvalue weighted by atomic mass is 10.1. The normalized spacial score (nSPS) is 14.2. The van der Waals surface area contributed by atoms with Gasteiger partial charge in [-0.1, -0.05) is 164 Å². The first-order chi connectivity index (χ1) is 29.1. The van der Waals surface area contributed by atoms with Gasteiger partial charge in [0.05, 0.1) is 13.2 Å². The Kier molecular flexibility index (Phi) is 40.8. The van der Waals surface area contributed by atoms with Gasteiger partial charge in [0, 0.05) is 12.8 Å². The third-order valence-corrected chi connectivity index (χ3v) is 10.7. The quantitative estimate of drug-likeness (QED) is 0.0230. The van der Waals surface area contributed by atoms with Crippen molar-refractivity contribution >= 4 is 25.7 Å². The first-order valence-corrected chi connectivity index (χ1v) is 24.8. The first-order valence-electron chi connectivity index (χ1n) is 23.3. The standard InChI is InChI=1S/C48H84NO10P/c1-3-5-7-9-11-13-15-17-19-20-21-22-23-24-26-27-29-31-33-35-37-39-46(50)56-41-44(42-57-60(54,55)58-43-45(49)48(52)53)59-47(51)40-38-36-34-32-30-28-25-18-16-14-12-10-8-6-4-2/h6,8,12,14-15,17-18,20-21,25,44-45H,3-5,7,9-11,13,16,19,22-24,26-43,49H2,1-2H3,(H,52,53)(H,54,55)/b8-6-,14-12-,17-15-,21-20-,25-18-. The molecule has 0 aliphatic heterocycles. The fourth-order valence-corrected chi connectivity index (χ4v) is 6.89. The molecule has 60 heavy (non-hydrogen) atoms. The number of allylic oxidation sites excluding steroid dienone is 10. The summed E-state index contributed by atoms with van der Waals surface area (Å²) in [6.45, 7) is 2.66. The number of ether oxygens (including phenoxy) is 2. The van der Waals surface area contributed by atoms with Crippen molar-refractivity contribution in [2.75, 3.05) is 19.8 Å². The summed E-state index contributed by atoms with van der Waals surface area (Å²) in [6, 6.07) is -1.53. The summed E-state index contributed by atoms with van der Waals surface area (Å²) < 4.78 is 32.7. The van der Waals surface area contributed by atoms with Crippen LogP contribution in [-0.2, 0) is 37.5 Å². The van der Waals surface area contributed by atoms with Gasteiger partial charge < -0.3 is 25.2 Å². The zero-order chi connectivity index (χ0) is 44.2.